The molecule has 3 aromatic rings. The molecule has 2 aromatic carbocycles. The van der Waals surface area contributed by atoms with Crippen LogP contribution in [0.3, 0.4) is 0 Å². The van der Waals surface area contributed by atoms with E-state index in [0.29, 0.717) is 5.39 Å². The van der Waals surface area contributed by atoms with Gasteiger partial charge in [-0.15, -0.1) is 0 Å². The SMILES string of the molecule is COc1ccc(OC)c(C=C2CCn3c2nc(=O)c2ccccc23)c1. The van der Waals surface area contributed by atoms with Gasteiger partial charge >= 0.3 is 0 Å². The normalized spacial score (nSPS) is 14.7. The summed E-state index contributed by atoms with van der Waals surface area (Å²) in [6.07, 6.45) is 2.85. The summed E-state index contributed by atoms with van der Waals surface area (Å²) in [4.78, 5) is 16.7. The molecule has 0 fully saturated rings. The highest BCUT2D eigenvalue weighted by atomic mass is 16.5. The first-order valence-electron chi connectivity index (χ1n) is 8.14. The van der Waals surface area contributed by atoms with Crippen LogP contribution in [0.1, 0.15) is 17.8 Å². The number of aryl methyl sites for hydroxylation is 1. The zero-order valence-corrected chi connectivity index (χ0v) is 14.2. The lowest BCUT2D eigenvalue weighted by molar-refractivity contribution is 0.402. The monoisotopic (exact) mass is 334 g/mol. The van der Waals surface area contributed by atoms with Gasteiger partial charge in [0.15, 0.2) is 0 Å². The third-order valence-corrected chi connectivity index (χ3v) is 4.55. The van der Waals surface area contributed by atoms with Crippen LogP contribution in [0.2, 0.25) is 0 Å². The van der Waals surface area contributed by atoms with Gasteiger partial charge in [0.05, 0.1) is 25.1 Å². The quantitative estimate of drug-likeness (QED) is 0.737. The van der Waals surface area contributed by atoms with Crippen LogP contribution in [0.5, 0.6) is 11.5 Å². The van der Waals surface area contributed by atoms with Crippen molar-refractivity contribution in [2.75, 3.05) is 14.2 Å². The van der Waals surface area contributed by atoms with E-state index < -0.39 is 0 Å². The van der Waals surface area contributed by atoms with E-state index in [9.17, 15) is 4.79 Å². The van der Waals surface area contributed by atoms with Gasteiger partial charge < -0.3 is 14.0 Å². The first kappa shape index (κ1) is 15.4. The lowest BCUT2D eigenvalue weighted by atomic mass is 10.1. The van der Waals surface area contributed by atoms with Crippen molar-refractivity contribution in [1.82, 2.24) is 9.55 Å². The number of benzene rings is 2. The van der Waals surface area contributed by atoms with Crippen LogP contribution in [0.15, 0.2) is 47.3 Å². The lowest BCUT2D eigenvalue weighted by Gasteiger charge is -2.09. The van der Waals surface area contributed by atoms with Crippen LogP contribution < -0.4 is 15.0 Å². The fraction of sp³-hybridized carbons (Fsp3) is 0.200. The van der Waals surface area contributed by atoms with Crippen LogP contribution in [0, 0.1) is 0 Å². The van der Waals surface area contributed by atoms with Crippen molar-refractivity contribution in [2.24, 2.45) is 0 Å². The molecule has 4 rings (SSSR count). The van der Waals surface area contributed by atoms with E-state index in [-0.39, 0.29) is 5.56 Å². The molecule has 0 aliphatic carbocycles. The minimum absolute atomic E-state index is 0.188. The second kappa shape index (κ2) is 6.09. The number of aromatic nitrogens is 2. The van der Waals surface area contributed by atoms with Crippen molar-refractivity contribution < 1.29 is 9.47 Å². The molecule has 0 atom stereocenters. The van der Waals surface area contributed by atoms with E-state index in [0.717, 1.165) is 46.9 Å². The average Bonchev–Trinajstić information content (AvgIpc) is 3.04. The molecule has 5 heteroatoms. The summed E-state index contributed by atoms with van der Waals surface area (Å²) in [7, 11) is 3.28. The van der Waals surface area contributed by atoms with Crippen molar-refractivity contribution >= 4 is 22.6 Å². The van der Waals surface area contributed by atoms with Gasteiger partial charge in [-0.1, -0.05) is 12.1 Å². The molecule has 2 heterocycles. The number of allylic oxidation sites excluding steroid dienone is 1. The van der Waals surface area contributed by atoms with Crippen molar-refractivity contribution in [1.29, 1.82) is 0 Å². The minimum Gasteiger partial charge on any atom is -0.497 e. The summed E-state index contributed by atoms with van der Waals surface area (Å²) in [5, 5.41) is 0.659. The summed E-state index contributed by atoms with van der Waals surface area (Å²) >= 11 is 0. The van der Waals surface area contributed by atoms with Crippen LogP contribution >= 0.6 is 0 Å². The number of rotatable bonds is 3. The zero-order chi connectivity index (χ0) is 17.4. The summed E-state index contributed by atoms with van der Waals surface area (Å²) < 4.78 is 12.9. The molecule has 0 spiro atoms. The number of nitrogens with zero attached hydrogens (tertiary/aromatic N) is 2. The molecule has 0 radical (unpaired) electrons. The Hall–Kier alpha value is -3.08. The van der Waals surface area contributed by atoms with Gasteiger partial charge in [0, 0.05) is 12.1 Å². The van der Waals surface area contributed by atoms with Gasteiger partial charge in [-0.2, -0.15) is 4.98 Å². The van der Waals surface area contributed by atoms with Crippen LogP contribution in [0.25, 0.3) is 22.6 Å². The molecule has 0 bridgehead atoms. The molecule has 0 N–H and O–H groups in total. The average molecular weight is 334 g/mol. The molecule has 5 nitrogen and oxygen atoms in total. The number of para-hydroxylation sites is 1. The molecule has 1 aliphatic heterocycles. The molecule has 0 amide bonds. The highest BCUT2D eigenvalue weighted by Crippen LogP contribution is 2.33. The summed E-state index contributed by atoms with van der Waals surface area (Å²) in [6.45, 7) is 0.807. The number of hydrogen-bond donors (Lipinski definition) is 0. The number of methoxy groups -OCH3 is 2. The highest BCUT2D eigenvalue weighted by molar-refractivity contribution is 5.86. The topological polar surface area (TPSA) is 53.4 Å². The maximum atomic E-state index is 12.4. The van der Waals surface area contributed by atoms with Gasteiger partial charge in [-0.05, 0) is 48.4 Å². The molecular weight excluding hydrogens is 316 g/mol. The summed E-state index contributed by atoms with van der Waals surface area (Å²) in [5.41, 5.74) is 2.67. The fourth-order valence-electron chi connectivity index (χ4n) is 3.31. The zero-order valence-electron chi connectivity index (χ0n) is 14.2. The number of ether oxygens (including phenoxy) is 2. The summed E-state index contributed by atoms with van der Waals surface area (Å²) in [5.74, 6) is 2.25. The van der Waals surface area contributed by atoms with Crippen molar-refractivity contribution in [3.05, 3.63) is 64.2 Å². The third-order valence-electron chi connectivity index (χ3n) is 4.55. The van der Waals surface area contributed by atoms with Gasteiger partial charge in [0.2, 0.25) is 0 Å². The van der Waals surface area contributed by atoms with Gasteiger partial charge in [0.1, 0.15) is 17.3 Å². The van der Waals surface area contributed by atoms with Gasteiger partial charge in [-0.3, -0.25) is 4.79 Å². The van der Waals surface area contributed by atoms with Crippen molar-refractivity contribution in [3.63, 3.8) is 0 Å². The molecule has 0 saturated carbocycles. The largest absolute Gasteiger partial charge is 0.497 e. The molecule has 1 aromatic heterocycles. The summed E-state index contributed by atoms with van der Waals surface area (Å²) in [6, 6.07) is 13.3. The Morgan fingerprint density at radius 2 is 1.96 bits per heavy atom. The van der Waals surface area contributed by atoms with E-state index in [1.807, 2.05) is 48.5 Å². The highest BCUT2D eigenvalue weighted by Gasteiger charge is 2.20. The Bertz CT molecular complexity index is 1050. The molecular formula is C20H18N2O3. The Labute approximate surface area is 145 Å². The molecule has 0 unspecified atom stereocenters. The molecule has 1 aliphatic rings. The Kier molecular flexibility index (Phi) is 3.76. The fourth-order valence-corrected chi connectivity index (χ4v) is 3.31. The molecule has 25 heavy (non-hydrogen) atoms. The van der Waals surface area contributed by atoms with E-state index >= 15 is 0 Å². The van der Waals surface area contributed by atoms with Gasteiger partial charge in [-0.25, -0.2) is 0 Å². The minimum atomic E-state index is -0.188. The van der Waals surface area contributed by atoms with Crippen molar-refractivity contribution in [3.8, 4) is 11.5 Å². The Balaban J connectivity index is 1.89. The molecule has 126 valence electrons. The van der Waals surface area contributed by atoms with Crippen LogP contribution in [0.4, 0.5) is 0 Å². The second-order valence-corrected chi connectivity index (χ2v) is 5.94. The van der Waals surface area contributed by atoms with E-state index in [1.165, 1.54) is 0 Å². The third kappa shape index (κ3) is 2.58. The maximum absolute atomic E-state index is 12.4. The van der Waals surface area contributed by atoms with Crippen LogP contribution in [-0.2, 0) is 6.54 Å². The van der Waals surface area contributed by atoms with Crippen LogP contribution in [-0.4, -0.2) is 23.8 Å². The number of hydrogen-bond acceptors (Lipinski definition) is 4. The predicted octanol–water partition coefficient (Wildman–Crippen LogP) is 3.36. The first-order valence-corrected chi connectivity index (χ1v) is 8.14. The Morgan fingerprint density at radius 1 is 1.12 bits per heavy atom. The van der Waals surface area contributed by atoms with Gasteiger partial charge in [0.25, 0.3) is 5.56 Å². The lowest BCUT2D eigenvalue weighted by Crippen LogP contribution is -2.14. The number of fused-ring (bicyclic) bond motifs is 3. The Morgan fingerprint density at radius 3 is 2.76 bits per heavy atom. The predicted molar refractivity (Wildman–Crippen MR) is 98.0 cm³/mol. The van der Waals surface area contributed by atoms with E-state index in [4.69, 9.17) is 9.47 Å². The maximum Gasteiger partial charge on any atom is 0.281 e. The smallest absolute Gasteiger partial charge is 0.281 e. The van der Waals surface area contributed by atoms with Crippen molar-refractivity contribution in [2.45, 2.75) is 13.0 Å². The second-order valence-electron chi connectivity index (χ2n) is 5.94. The molecule has 0 saturated heterocycles. The standard InChI is InChI=1S/C20H18N2O3/c1-24-15-7-8-18(25-2)14(12-15)11-13-9-10-22-17-6-4-3-5-16(17)20(23)21-19(13)22/h3-8,11-12H,9-10H2,1-2H3. The first-order chi connectivity index (χ1) is 12.2. The van der Waals surface area contributed by atoms with E-state index in [2.05, 4.69) is 9.55 Å². The van der Waals surface area contributed by atoms with E-state index in [1.54, 1.807) is 14.2 Å².